The van der Waals surface area contributed by atoms with Gasteiger partial charge in [-0.1, -0.05) is 12.1 Å². The van der Waals surface area contributed by atoms with Crippen LogP contribution in [0.2, 0.25) is 0 Å². The van der Waals surface area contributed by atoms with Crippen molar-refractivity contribution in [3.05, 3.63) is 80.6 Å². The predicted molar refractivity (Wildman–Crippen MR) is 134 cm³/mol. The summed E-state index contributed by atoms with van der Waals surface area (Å²) in [5, 5.41) is 11.9. The zero-order chi connectivity index (χ0) is 25.1. The fraction of sp³-hybridized carbons (Fsp3) is 0.292. The van der Waals surface area contributed by atoms with Crippen molar-refractivity contribution in [2.75, 3.05) is 46.2 Å². The van der Waals surface area contributed by atoms with Crippen molar-refractivity contribution < 1.29 is 9.66 Å². The largest absolute Gasteiger partial charge is 0.496 e. The van der Waals surface area contributed by atoms with Crippen LogP contribution in [-0.4, -0.2) is 70.7 Å². The van der Waals surface area contributed by atoms with E-state index in [0.29, 0.717) is 46.2 Å². The topological polar surface area (TPSA) is 122 Å². The van der Waals surface area contributed by atoms with Gasteiger partial charge in [-0.15, -0.1) is 0 Å². The summed E-state index contributed by atoms with van der Waals surface area (Å²) < 4.78 is 7.05. The first kappa shape index (κ1) is 23.9. The maximum atomic E-state index is 12.6. The number of rotatable bonds is 9. The van der Waals surface area contributed by atoms with Crippen LogP contribution in [0.5, 0.6) is 5.75 Å². The molecule has 0 amide bonds. The van der Waals surface area contributed by atoms with Crippen molar-refractivity contribution in [1.82, 2.24) is 24.4 Å². The van der Waals surface area contributed by atoms with Crippen LogP contribution >= 0.6 is 0 Å². The number of ether oxygens (including phenoxy) is 1. The third kappa shape index (κ3) is 4.99. The molecular weight excluding hydrogens is 450 g/mol. The Kier molecular flexibility index (Phi) is 6.78. The number of fused-ring (bicyclic) bond motifs is 1. The SMILES string of the molecule is COc1cc(N(C)CCN(C)C)c([N+](=O)[O-])cc1Cc1nccc(-n2c(=O)[nH]c3ccccc32)n1. The molecule has 11 heteroatoms. The lowest BCUT2D eigenvalue weighted by molar-refractivity contribution is -0.384. The average Bonchev–Trinajstić information content (AvgIpc) is 3.18. The summed E-state index contributed by atoms with van der Waals surface area (Å²) in [5.74, 6) is 1.31. The van der Waals surface area contributed by atoms with Gasteiger partial charge in [-0.25, -0.2) is 19.3 Å². The minimum absolute atomic E-state index is 0.0222. The quantitative estimate of drug-likeness (QED) is 0.288. The molecule has 0 aliphatic heterocycles. The standard InChI is InChI=1S/C24H27N7O4/c1-28(2)11-12-29(3)19-15-21(35-4)16(13-20(19)31(33)34)14-22-25-10-9-23(27-22)30-18-8-6-5-7-17(18)26-24(30)32/h5-10,13,15H,11-12,14H2,1-4H3,(H,26,32). The number of anilines is 1. The third-order valence-corrected chi connectivity index (χ3v) is 5.73. The molecular formula is C24H27N7O4. The van der Waals surface area contributed by atoms with Crippen LogP contribution in [0.15, 0.2) is 53.5 Å². The van der Waals surface area contributed by atoms with E-state index in [-0.39, 0.29) is 17.8 Å². The fourth-order valence-electron chi connectivity index (χ4n) is 3.90. The Bertz CT molecular complexity index is 1430. The second-order valence-corrected chi connectivity index (χ2v) is 8.43. The molecule has 2 heterocycles. The number of hydrogen-bond acceptors (Lipinski definition) is 8. The van der Waals surface area contributed by atoms with Crippen LogP contribution in [0.1, 0.15) is 11.4 Å². The van der Waals surface area contributed by atoms with Gasteiger partial charge in [0, 0.05) is 50.5 Å². The monoisotopic (exact) mass is 477 g/mol. The van der Waals surface area contributed by atoms with E-state index in [1.165, 1.54) is 17.7 Å². The minimum Gasteiger partial charge on any atom is -0.496 e. The number of hydrogen-bond donors (Lipinski definition) is 1. The second-order valence-electron chi connectivity index (χ2n) is 8.43. The van der Waals surface area contributed by atoms with Crippen LogP contribution in [0.3, 0.4) is 0 Å². The second kappa shape index (κ2) is 9.94. The summed E-state index contributed by atoms with van der Waals surface area (Å²) in [4.78, 5) is 39.6. The molecule has 0 saturated carbocycles. The Morgan fingerprint density at radius 2 is 1.91 bits per heavy atom. The number of imidazole rings is 1. The lowest BCUT2D eigenvalue weighted by atomic mass is 10.1. The molecule has 0 fully saturated rings. The van der Waals surface area contributed by atoms with Gasteiger partial charge >= 0.3 is 5.69 Å². The summed E-state index contributed by atoms with van der Waals surface area (Å²) >= 11 is 0. The maximum absolute atomic E-state index is 12.6. The normalized spacial score (nSPS) is 11.2. The molecule has 0 bridgehead atoms. The van der Waals surface area contributed by atoms with Crippen LogP contribution in [0.25, 0.3) is 16.9 Å². The van der Waals surface area contributed by atoms with Crippen LogP contribution in [-0.2, 0) is 6.42 Å². The van der Waals surface area contributed by atoms with Crippen molar-refractivity contribution in [1.29, 1.82) is 0 Å². The Morgan fingerprint density at radius 1 is 1.14 bits per heavy atom. The number of nitro groups is 1. The molecule has 35 heavy (non-hydrogen) atoms. The maximum Gasteiger partial charge on any atom is 0.332 e. The van der Waals surface area contributed by atoms with E-state index < -0.39 is 4.92 Å². The highest BCUT2D eigenvalue weighted by molar-refractivity contribution is 5.76. The molecule has 0 atom stereocenters. The van der Waals surface area contributed by atoms with Gasteiger partial charge in [0.25, 0.3) is 5.69 Å². The van der Waals surface area contributed by atoms with Crippen molar-refractivity contribution in [3.8, 4) is 11.6 Å². The minimum atomic E-state index is -0.396. The van der Waals surface area contributed by atoms with Gasteiger partial charge in [0.2, 0.25) is 0 Å². The number of nitrogens with zero attached hydrogens (tertiary/aromatic N) is 6. The molecule has 0 radical (unpaired) electrons. The molecule has 4 rings (SSSR count). The van der Waals surface area contributed by atoms with Crippen molar-refractivity contribution in [3.63, 3.8) is 0 Å². The van der Waals surface area contributed by atoms with Gasteiger partial charge in [-0.2, -0.15) is 0 Å². The molecule has 182 valence electrons. The number of aromatic nitrogens is 4. The zero-order valence-corrected chi connectivity index (χ0v) is 20.1. The van der Waals surface area contributed by atoms with Gasteiger partial charge in [-0.05, 0) is 32.3 Å². The Labute approximate surface area is 201 Å². The molecule has 11 nitrogen and oxygen atoms in total. The number of para-hydroxylation sites is 2. The number of nitrogens with one attached hydrogen (secondary N) is 1. The van der Waals surface area contributed by atoms with E-state index in [2.05, 4.69) is 15.0 Å². The van der Waals surface area contributed by atoms with Crippen LogP contribution < -0.4 is 15.3 Å². The first-order chi connectivity index (χ1) is 16.8. The van der Waals surface area contributed by atoms with Gasteiger partial charge in [0.05, 0.1) is 23.1 Å². The lowest BCUT2D eigenvalue weighted by Gasteiger charge is -2.22. The summed E-state index contributed by atoms with van der Waals surface area (Å²) in [6.07, 6.45) is 1.76. The number of nitro benzene ring substituents is 1. The molecule has 0 aliphatic rings. The first-order valence-electron chi connectivity index (χ1n) is 11.0. The van der Waals surface area contributed by atoms with Crippen molar-refractivity contribution >= 4 is 22.4 Å². The van der Waals surface area contributed by atoms with E-state index >= 15 is 0 Å². The number of methoxy groups -OCH3 is 1. The summed E-state index contributed by atoms with van der Waals surface area (Å²) in [7, 11) is 7.24. The van der Waals surface area contributed by atoms with Crippen LogP contribution in [0.4, 0.5) is 11.4 Å². The van der Waals surface area contributed by atoms with E-state index in [0.717, 1.165) is 6.54 Å². The van der Waals surface area contributed by atoms with Gasteiger partial charge in [0.1, 0.15) is 23.1 Å². The molecule has 0 saturated heterocycles. The number of likely N-dealkylation sites (N-methyl/N-ethyl adjacent to an activating group) is 2. The molecule has 2 aromatic carbocycles. The smallest absolute Gasteiger partial charge is 0.332 e. The number of benzene rings is 2. The molecule has 2 aromatic heterocycles. The first-order valence-corrected chi connectivity index (χ1v) is 11.0. The Balaban J connectivity index is 1.71. The summed E-state index contributed by atoms with van der Waals surface area (Å²) in [6.45, 7) is 1.35. The Hall–Kier alpha value is -4.25. The molecule has 4 aromatic rings. The highest BCUT2D eigenvalue weighted by atomic mass is 16.6. The average molecular weight is 478 g/mol. The number of H-pyrrole nitrogens is 1. The van der Waals surface area contributed by atoms with Gasteiger partial charge in [0.15, 0.2) is 0 Å². The highest BCUT2D eigenvalue weighted by Crippen LogP contribution is 2.35. The number of aromatic amines is 1. The van der Waals surface area contributed by atoms with Crippen LogP contribution in [0, 0.1) is 10.1 Å². The van der Waals surface area contributed by atoms with E-state index in [1.54, 1.807) is 18.3 Å². The van der Waals surface area contributed by atoms with Gasteiger partial charge in [-0.3, -0.25) is 10.1 Å². The third-order valence-electron chi connectivity index (χ3n) is 5.73. The fourth-order valence-corrected chi connectivity index (χ4v) is 3.90. The summed E-state index contributed by atoms with van der Waals surface area (Å²) in [6, 6.07) is 12.2. The molecule has 1 N–H and O–H groups in total. The lowest BCUT2D eigenvalue weighted by Crippen LogP contribution is -2.29. The van der Waals surface area contributed by atoms with Crippen molar-refractivity contribution in [2.24, 2.45) is 0 Å². The molecule has 0 unspecified atom stereocenters. The summed E-state index contributed by atoms with van der Waals surface area (Å²) in [5.41, 5.74) is 2.11. The predicted octanol–water partition coefficient (Wildman–Crippen LogP) is 2.61. The zero-order valence-electron chi connectivity index (χ0n) is 20.1. The van der Waals surface area contributed by atoms with Crippen molar-refractivity contribution in [2.45, 2.75) is 6.42 Å². The van der Waals surface area contributed by atoms with E-state index in [9.17, 15) is 14.9 Å². The molecule has 0 spiro atoms. The van der Waals surface area contributed by atoms with Gasteiger partial charge < -0.3 is 19.5 Å². The van der Waals surface area contributed by atoms with E-state index in [4.69, 9.17) is 4.74 Å². The Morgan fingerprint density at radius 3 is 2.63 bits per heavy atom. The highest BCUT2D eigenvalue weighted by Gasteiger charge is 2.22. The molecule has 0 aliphatic carbocycles. The van der Waals surface area contributed by atoms with E-state index in [1.807, 2.05) is 55.2 Å².